The number of benzene rings is 1. The molecule has 3 heteroatoms. The number of hydrogen-bond donors (Lipinski definition) is 0. The fourth-order valence-corrected chi connectivity index (χ4v) is 3.26. The smallest absolute Gasteiger partial charge is 0.0940 e. The highest BCUT2D eigenvalue weighted by Crippen LogP contribution is 2.25. The molecule has 1 saturated heterocycles. The first-order chi connectivity index (χ1) is 7.31. The van der Waals surface area contributed by atoms with Gasteiger partial charge in [0.25, 0.3) is 0 Å². The minimum Gasteiger partial charge on any atom is -0.371 e. The van der Waals surface area contributed by atoms with Crippen LogP contribution in [0.5, 0.6) is 0 Å². The van der Waals surface area contributed by atoms with Gasteiger partial charge in [0.1, 0.15) is 0 Å². The molecule has 1 fully saturated rings. The molecule has 0 bridgehead atoms. The first kappa shape index (κ1) is 10.8. The van der Waals surface area contributed by atoms with Crippen molar-refractivity contribution in [2.75, 3.05) is 12.4 Å². The lowest BCUT2D eigenvalue weighted by Crippen LogP contribution is -2.33. The van der Waals surface area contributed by atoms with Crippen molar-refractivity contribution in [3.8, 4) is 0 Å². The van der Waals surface area contributed by atoms with Crippen molar-refractivity contribution in [1.82, 2.24) is 0 Å². The molecule has 3 atom stereocenters. The average molecular weight is 224 g/mol. The monoisotopic (exact) mass is 224 g/mol. The Morgan fingerprint density at radius 2 is 2.13 bits per heavy atom. The maximum atomic E-state index is 11.8. The summed E-state index contributed by atoms with van der Waals surface area (Å²) in [6.45, 7) is 2.69. The summed E-state index contributed by atoms with van der Waals surface area (Å²) in [5, 5.41) is 0.227. The molecule has 2 nitrogen and oxygen atoms in total. The molecule has 0 saturated carbocycles. The predicted molar refractivity (Wildman–Crippen MR) is 62.2 cm³/mol. The Morgan fingerprint density at radius 1 is 1.40 bits per heavy atom. The lowest BCUT2D eigenvalue weighted by atomic mass is 10.1. The third kappa shape index (κ3) is 2.47. The Bertz CT molecular complexity index is 337. The van der Waals surface area contributed by atoms with Crippen LogP contribution in [0.2, 0.25) is 0 Å². The van der Waals surface area contributed by atoms with Gasteiger partial charge in [-0.15, -0.1) is 0 Å². The van der Waals surface area contributed by atoms with Crippen LogP contribution in [0.15, 0.2) is 30.3 Å². The van der Waals surface area contributed by atoms with Crippen molar-refractivity contribution in [2.24, 2.45) is 0 Å². The summed E-state index contributed by atoms with van der Waals surface area (Å²) in [5.41, 5.74) is 1.14. The second kappa shape index (κ2) is 4.90. The lowest BCUT2D eigenvalue weighted by Gasteiger charge is -2.28. The van der Waals surface area contributed by atoms with E-state index in [1.165, 1.54) is 0 Å². The molecule has 15 heavy (non-hydrogen) atoms. The molecular formula is C12H16O2S. The Balaban J connectivity index is 2.06. The van der Waals surface area contributed by atoms with Gasteiger partial charge in [0, 0.05) is 10.8 Å². The molecule has 82 valence electrons. The van der Waals surface area contributed by atoms with Crippen molar-refractivity contribution >= 4 is 10.8 Å². The summed E-state index contributed by atoms with van der Waals surface area (Å²) in [7, 11) is -0.734. The van der Waals surface area contributed by atoms with E-state index in [2.05, 4.69) is 6.92 Å². The van der Waals surface area contributed by atoms with E-state index in [9.17, 15) is 4.21 Å². The second-order valence-electron chi connectivity index (χ2n) is 3.81. The van der Waals surface area contributed by atoms with Crippen LogP contribution in [0.25, 0.3) is 0 Å². The van der Waals surface area contributed by atoms with Gasteiger partial charge in [-0.1, -0.05) is 37.3 Å². The van der Waals surface area contributed by atoms with Crippen molar-refractivity contribution < 1.29 is 8.95 Å². The lowest BCUT2D eigenvalue weighted by molar-refractivity contribution is 0.0595. The summed E-state index contributed by atoms with van der Waals surface area (Å²) < 4.78 is 17.6. The Morgan fingerprint density at radius 3 is 2.73 bits per heavy atom. The van der Waals surface area contributed by atoms with Gasteiger partial charge >= 0.3 is 0 Å². The number of hydrogen-bond acceptors (Lipinski definition) is 2. The first-order valence-electron chi connectivity index (χ1n) is 5.35. The van der Waals surface area contributed by atoms with Gasteiger partial charge in [0.05, 0.1) is 23.7 Å². The maximum Gasteiger partial charge on any atom is 0.0940 e. The van der Waals surface area contributed by atoms with Gasteiger partial charge in [-0.3, -0.25) is 4.21 Å². The minimum absolute atomic E-state index is 0.0230. The van der Waals surface area contributed by atoms with Crippen LogP contribution >= 0.6 is 0 Å². The number of rotatable bonds is 2. The molecule has 0 radical (unpaired) electrons. The molecule has 0 N–H and O–H groups in total. The van der Waals surface area contributed by atoms with Crippen LogP contribution in [-0.2, 0) is 15.5 Å². The van der Waals surface area contributed by atoms with E-state index in [-0.39, 0.29) is 11.4 Å². The highest BCUT2D eigenvalue weighted by atomic mass is 32.2. The molecule has 0 unspecified atom stereocenters. The molecular weight excluding hydrogens is 208 g/mol. The van der Waals surface area contributed by atoms with Gasteiger partial charge in [0.15, 0.2) is 0 Å². The molecule has 1 aromatic carbocycles. The normalized spacial score (nSPS) is 31.4. The second-order valence-corrected chi connectivity index (χ2v) is 5.57. The molecule has 1 aromatic rings. The van der Waals surface area contributed by atoms with E-state index in [0.717, 1.165) is 12.0 Å². The van der Waals surface area contributed by atoms with Crippen LogP contribution in [0.4, 0.5) is 0 Å². The Labute approximate surface area is 93.1 Å². The van der Waals surface area contributed by atoms with Crippen LogP contribution in [0.1, 0.15) is 25.0 Å². The highest BCUT2D eigenvalue weighted by Gasteiger charge is 2.27. The van der Waals surface area contributed by atoms with Gasteiger partial charge in [0.2, 0.25) is 0 Å². The number of ether oxygens (including phenoxy) is 1. The van der Waals surface area contributed by atoms with E-state index in [1.807, 2.05) is 30.3 Å². The van der Waals surface area contributed by atoms with Crippen LogP contribution < -0.4 is 0 Å². The standard InChI is InChI=1S/C12H16O2S/c1-2-11-8-14-12(9-15(11)13)10-6-4-3-5-7-10/h3-7,11-12H,2,8-9H2,1H3/t11-,12-,15+/m0/s1. The summed E-state index contributed by atoms with van der Waals surface area (Å²) in [5.74, 6) is 0.641. The zero-order valence-electron chi connectivity index (χ0n) is 8.89. The van der Waals surface area contributed by atoms with E-state index < -0.39 is 10.8 Å². The summed E-state index contributed by atoms with van der Waals surface area (Å²) in [4.78, 5) is 0. The SMILES string of the molecule is CC[C@H]1CO[C@H](c2ccccc2)C[S@]1=O. The Kier molecular flexibility index (Phi) is 3.54. The van der Waals surface area contributed by atoms with Crippen molar-refractivity contribution in [1.29, 1.82) is 0 Å². The maximum absolute atomic E-state index is 11.8. The largest absolute Gasteiger partial charge is 0.371 e. The molecule has 0 aliphatic carbocycles. The zero-order valence-corrected chi connectivity index (χ0v) is 9.70. The molecule has 1 aliphatic rings. The van der Waals surface area contributed by atoms with E-state index in [1.54, 1.807) is 0 Å². The average Bonchev–Trinajstić information content (AvgIpc) is 2.30. The zero-order chi connectivity index (χ0) is 10.7. The van der Waals surface area contributed by atoms with Gasteiger partial charge in [-0.05, 0) is 12.0 Å². The first-order valence-corrected chi connectivity index (χ1v) is 6.73. The van der Waals surface area contributed by atoms with Crippen LogP contribution in [0.3, 0.4) is 0 Å². The molecule has 1 heterocycles. The molecule has 0 aromatic heterocycles. The third-order valence-electron chi connectivity index (χ3n) is 2.80. The van der Waals surface area contributed by atoms with E-state index >= 15 is 0 Å². The fourth-order valence-electron chi connectivity index (χ4n) is 1.80. The van der Waals surface area contributed by atoms with Gasteiger partial charge in [-0.2, -0.15) is 0 Å². The third-order valence-corrected chi connectivity index (χ3v) is 4.64. The molecule has 2 rings (SSSR count). The summed E-state index contributed by atoms with van der Waals surface area (Å²) >= 11 is 0. The van der Waals surface area contributed by atoms with Crippen molar-refractivity contribution in [3.05, 3.63) is 35.9 Å². The van der Waals surface area contributed by atoms with E-state index in [0.29, 0.717) is 12.4 Å². The van der Waals surface area contributed by atoms with Crippen molar-refractivity contribution in [2.45, 2.75) is 24.7 Å². The summed E-state index contributed by atoms with van der Waals surface area (Å²) in [6, 6.07) is 10.0. The van der Waals surface area contributed by atoms with Crippen LogP contribution in [-0.4, -0.2) is 21.8 Å². The van der Waals surface area contributed by atoms with Crippen molar-refractivity contribution in [3.63, 3.8) is 0 Å². The summed E-state index contributed by atoms with van der Waals surface area (Å²) in [6.07, 6.45) is 0.962. The topological polar surface area (TPSA) is 26.3 Å². The highest BCUT2D eigenvalue weighted by molar-refractivity contribution is 7.85. The quantitative estimate of drug-likeness (QED) is 0.770. The predicted octanol–water partition coefficient (Wildman–Crippen LogP) is 2.29. The fraction of sp³-hybridized carbons (Fsp3) is 0.500. The van der Waals surface area contributed by atoms with Gasteiger partial charge in [-0.25, -0.2) is 0 Å². The minimum atomic E-state index is -0.734. The molecule has 1 aliphatic heterocycles. The van der Waals surface area contributed by atoms with E-state index in [4.69, 9.17) is 4.74 Å². The Hall–Kier alpha value is -0.670. The van der Waals surface area contributed by atoms with Crippen LogP contribution in [0, 0.1) is 0 Å². The van der Waals surface area contributed by atoms with Gasteiger partial charge < -0.3 is 4.74 Å². The molecule has 0 amide bonds. The molecule has 0 spiro atoms.